The van der Waals surface area contributed by atoms with Gasteiger partial charge < -0.3 is 10.6 Å². The Morgan fingerprint density at radius 3 is 2.55 bits per heavy atom. The van der Waals surface area contributed by atoms with Gasteiger partial charge in [0, 0.05) is 35.3 Å². The van der Waals surface area contributed by atoms with E-state index in [-0.39, 0.29) is 0 Å². The van der Waals surface area contributed by atoms with Gasteiger partial charge in [-0.3, -0.25) is 0 Å². The predicted molar refractivity (Wildman–Crippen MR) is 90.6 cm³/mol. The Kier molecular flexibility index (Phi) is 5.79. The minimum absolute atomic E-state index is 0.633. The molecule has 2 rings (SSSR count). The quantitative estimate of drug-likeness (QED) is 0.794. The first kappa shape index (κ1) is 15.7. The molecule has 1 saturated carbocycles. The Labute approximate surface area is 128 Å². The van der Waals surface area contributed by atoms with Crippen LogP contribution in [0.25, 0.3) is 0 Å². The van der Waals surface area contributed by atoms with Crippen molar-refractivity contribution in [3.8, 4) is 0 Å². The largest absolute Gasteiger partial charge is 0.368 e. The number of benzene rings is 1. The fourth-order valence-electron chi connectivity index (χ4n) is 3.27. The molecule has 2 N–H and O–H groups in total. The van der Waals surface area contributed by atoms with Crippen LogP contribution in [0, 0.1) is 5.92 Å². The molecule has 0 aliphatic heterocycles. The van der Waals surface area contributed by atoms with Crippen molar-refractivity contribution >= 4 is 17.4 Å². The van der Waals surface area contributed by atoms with Crippen molar-refractivity contribution in [1.29, 1.82) is 0 Å². The third-order valence-electron chi connectivity index (χ3n) is 4.17. The lowest BCUT2D eigenvalue weighted by Crippen LogP contribution is -2.37. The molecule has 1 aromatic rings. The van der Waals surface area contributed by atoms with E-state index in [0.29, 0.717) is 18.5 Å². The Morgan fingerprint density at radius 2 is 2.00 bits per heavy atom. The van der Waals surface area contributed by atoms with Crippen LogP contribution in [0.1, 0.15) is 45.1 Å². The smallest absolute Gasteiger partial charge is 0.0425 e. The number of hydrogen-bond acceptors (Lipinski definition) is 3. The maximum Gasteiger partial charge on any atom is 0.0425 e. The van der Waals surface area contributed by atoms with E-state index in [1.54, 1.807) is 11.8 Å². The van der Waals surface area contributed by atoms with Gasteiger partial charge in [0.05, 0.1) is 0 Å². The van der Waals surface area contributed by atoms with Crippen molar-refractivity contribution in [2.75, 3.05) is 17.7 Å². The molecule has 112 valence electrons. The Hall–Kier alpha value is -0.670. The lowest BCUT2D eigenvalue weighted by atomic mass is 10.1. The SMILES string of the molecule is CSc1cccc(N(CC(C)C)C2CCCC2)c1CN. The first-order chi connectivity index (χ1) is 9.67. The molecule has 1 aliphatic carbocycles. The number of nitrogens with zero attached hydrogens (tertiary/aromatic N) is 1. The summed E-state index contributed by atoms with van der Waals surface area (Å²) in [5, 5.41) is 0. The first-order valence-corrected chi connectivity index (χ1v) is 9.02. The fraction of sp³-hybridized carbons (Fsp3) is 0.647. The zero-order valence-corrected chi connectivity index (χ0v) is 13.9. The summed E-state index contributed by atoms with van der Waals surface area (Å²) in [6.45, 7) is 6.38. The lowest BCUT2D eigenvalue weighted by Gasteiger charge is -2.34. The molecule has 1 aromatic carbocycles. The number of thioether (sulfide) groups is 1. The van der Waals surface area contributed by atoms with Crippen LogP contribution in [0.3, 0.4) is 0 Å². The van der Waals surface area contributed by atoms with Crippen molar-refractivity contribution in [2.45, 2.75) is 57.0 Å². The Balaban J connectivity index is 2.36. The third-order valence-corrected chi connectivity index (χ3v) is 4.99. The molecule has 0 atom stereocenters. The molecule has 0 amide bonds. The normalized spacial score (nSPS) is 16.1. The van der Waals surface area contributed by atoms with E-state index >= 15 is 0 Å². The minimum Gasteiger partial charge on any atom is -0.368 e. The van der Waals surface area contributed by atoms with E-state index in [9.17, 15) is 0 Å². The molecule has 2 nitrogen and oxygen atoms in total. The zero-order valence-electron chi connectivity index (χ0n) is 13.1. The average molecular weight is 292 g/mol. The number of nitrogens with two attached hydrogens (primary N) is 1. The Bertz CT molecular complexity index is 425. The van der Waals surface area contributed by atoms with Crippen molar-refractivity contribution < 1.29 is 0 Å². The standard InChI is InChI=1S/C17H28N2S/c1-13(2)12-19(14-7-4-5-8-14)16-9-6-10-17(20-3)15(16)11-18/h6,9-10,13-14H,4-5,7-8,11-12,18H2,1-3H3. The van der Waals surface area contributed by atoms with Gasteiger partial charge in [-0.1, -0.05) is 32.8 Å². The summed E-state index contributed by atoms with van der Waals surface area (Å²) in [5.41, 5.74) is 8.76. The van der Waals surface area contributed by atoms with Gasteiger partial charge in [0.25, 0.3) is 0 Å². The number of anilines is 1. The van der Waals surface area contributed by atoms with Crippen LogP contribution >= 0.6 is 11.8 Å². The van der Waals surface area contributed by atoms with Crippen molar-refractivity contribution in [3.63, 3.8) is 0 Å². The molecule has 0 heterocycles. The summed E-state index contributed by atoms with van der Waals surface area (Å²) in [6.07, 6.45) is 7.56. The van der Waals surface area contributed by atoms with Crippen LogP contribution < -0.4 is 10.6 Å². The number of hydrogen-bond donors (Lipinski definition) is 1. The highest BCUT2D eigenvalue weighted by Gasteiger charge is 2.25. The van der Waals surface area contributed by atoms with Gasteiger partial charge in [0.2, 0.25) is 0 Å². The summed E-state index contributed by atoms with van der Waals surface area (Å²) in [5.74, 6) is 0.680. The summed E-state index contributed by atoms with van der Waals surface area (Å²) in [6, 6.07) is 7.35. The van der Waals surface area contributed by atoms with E-state index in [0.717, 1.165) is 6.54 Å². The molecular formula is C17H28N2S. The predicted octanol–water partition coefficient (Wildman–Crippen LogP) is 4.27. The second-order valence-electron chi connectivity index (χ2n) is 6.15. The van der Waals surface area contributed by atoms with Crippen molar-refractivity contribution in [3.05, 3.63) is 23.8 Å². The average Bonchev–Trinajstić information content (AvgIpc) is 2.97. The molecule has 20 heavy (non-hydrogen) atoms. The van der Waals surface area contributed by atoms with E-state index in [2.05, 4.69) is 43.2 Å². The molecule has 0 spiro atoms. The highest BCUT2D eigenvalue weighted by Crippen LogP contribution is 2.34. The molecule has 0 bridgehead atoms. The van der Waals surface area contributed by atoms with Crippen LogP contribution in [0.4, 0.5) is 5.69 Å². The minimum atomic E-state index is 0.633. The van der Waals surface area contributed by atoms with Gasteiger partial charge >= 0.3 is 0 Å². The van der Waals surface area contributed by atoms with Crippen molar-refractivity contribution in [2.24, 2.45) is 11.7 Å². The lowest BCUT2D eigenvalue weighted by molar-refractivity contribution is 0.534. The first-order valence-electron chi connectivity index (χ1n) is 7.80. The molecule has 0 unspecified atom stereocenters. The summed E-state index contributed by atoms with van der Waals surface area (Å²) in [7, 11) is 0. The monoisotopic (exact) mass is 292 g/mol. The molecule has 0 radical (unpaired) electrons. The van der Waals surface area contributed by atoms with Crippen LogP contribution in [0.2, 0.25) is 0 Å². The summed E-state index contributed by atoms with van der Waals surface area (Å²) in [4.78, 5) is 3.97. The molecule has 1 aliphatic rings. The van der Waals surface area contributed by atoms with Gasteiger partial charge in [-0.25, -0.2) is 0 Å². The van der Waals surface area contributed by atoms with E-state index < -0.39 is 0 Å². The fourth-order valence-corrected chi connectivity index (χ4v) is 3.92. The van der Waals surface area contributed by atoms with E-state index in [4.69, 9.17) is 5.73 Å². The molecule has 3 heteroatoms. The molecule has 1 fully saturated rings. The van der Waals surface area contributed by atoms with E-state index in [1.165, 1.54) is 41.8 Å². The van der Waals surface area contributed by atoms with Gasteiger partial charge in [-0.2, -0.15) is 0 Å². The second kappa shape index (κ2) is 7.37. The second-order valence-corrected chi connectivity index (χ2v) is 6.99. The molecular weight excluding hydrogens is 264 g/mol. The number of rotatable bonds is 6. The molecule has 0 aromatic heterocycles. The maximum absolute atomic E-state index is 6.05. The third kappa shape index (κ3) is 3.50. The van der Waals surface area contributed by atoms with Gasteiger partial charge in [0.15, 0.2) is 0 Å². The molecule has 0 saturated heterocycles. The van der Waals surface area contributed by atoms with Gasteiger partial charge in [-0.15, -0.1) is 11.8 Å². The highest BCUT2D eigenvalue weighted by atomic mass is 32.2. The van der Waals surface area contributed by atoms with Crippen LogP contribution in [0.15, 0.2) is 23.1 Å². The van der Waals surface area contributed by atoms with Crippen LogP contribution in [-0.4, -0.2) is 18.8 Å². The summed E-state index contributed by atoms with van der Waals surface area (Å²) < 4.78 is 0. The zero-order chi connectivity index (χ0) is 14.5. The van der Waals surface area contributed by atoms with Crippen LogP contribution in [-0.2, 0) is 6.54 Å². The van der Waals surface area contributed by atoms with Crippen LogP contribution in [0.5, 0.6) is 0 Å². The Morgan fingerprint density at radius 1 is 1.30 bits per heavy atom. The van der Waals surface area contributed by atoms with Crippen molar-refractivity contribution in [1.82, 2.24) is 0 Å². The summed E-state index contributed by atoms with van der Waals surface area (Å²) >= 11 is 1.81. The van der Waals surface area contributed by atoms with Gasteiger partial charge in [-0.05, 0) is 37.1 Å². The topological polar surface area (TPSA) is 29.3 Å². The van der Waals surface area contributed by atoms with Gasteiger partial charge in [0.1, 0.15) is 0 Å². The highest BCUT2D eigenvalue weighted by molar-refractivity contribution is 7.98. The van der Waals surface area contributed by atoms with E-state index in [1.807, 2.05) is 0 Å². The maximum atomic E-state index is 6.05.